The summed E-state index contributed by atoms with van der Waals surface area (Å²) in [6, 6.07) is 5.79. The van der Waals surface area contributed by atoms with Crippen molar-refractivity contribution in [1.82, 2.24) is 0 Å². The highest BCUT2D eigenvalue weighted by Crippen LogP contribution is 2.07. The highest BCUT2D eigenvalue weighted by atomic mass is 16.3. The zero-order valence-electron chi connectivity index (χ0n) is 5.92. The molecule has 0 aromatic carbocycles. The van der Waals surface area contributed by atoms with Crippen LogP contribution in [-0.4, -0.2) is 0 Å². The lowest BCUT2D eigenvalue weighted by atomic mass is 10.3. The summed E-state index contributed by atoms with van der Waals surface area (Å²) in [5.74, 6) is 1.71. The minimum atomic E-state index is 0.375. The average Bonchev–Trinajstić information content (AvgIpc) is 2.37. The fourth-order valence-electron chi connectivity index (χ4n) is 0.785. The molecule has 0 N–H and O–H groups in total. The first kappa shape index (κ1) is 6.88. The van der Waals surface area contributed by atoms with Crippen molar-refractivity contribution in [2.24, 2.45) is 0 Å². The van der Waals surface area contributed by atoms with Crippen LogP contribution in [0.2, 0.25) is 0 Å². The molecule has 0 amide bonds. The monoisotopic (exact) mass is 135 g/mol. The van der Waals surface area contributed by atoms with Gasteiger partial charge in [-0.2, -0.15) is 5.26 Å². The standard InChI is InChI=1S/C8H9NO/c1-2-7-3-4-8(10-7)5-6-9/h3-4H,2,5H2,1H3. The van der Waals surface area contributed by atoms with Crippen molar-refractivity contribution in [3.63, 3.8) is 0 Å². The summed E-state index contributed by atoms with van der Waals surface area (Å²) in [6.45, 7) is 2.02. The minimum absolute atomic E-state index is 0.375. The van der Waals surface area contributed by atoms with Crippen LogP contribution in [0.5, 0.6) is 0 Å². The molecule has 0 bridgehead atoms. The molecule has 0 aliphatic carbocycles. The Morgan fingerprint density at radius 2 is 2.20 bits per heavy atom. The van der Waals surface area contributed by atoms with Crippen molar-refractivity contribution in [1.29, 1.82) is 5.26 Å². The van der Waals surface area contributed by atoms with Gasteiger partial charge in [-0.05, 0) is 12.1 Å². The van der Waals surface area contributed by atoms with Gasteiger partial charge in [0.1, 0.15) is 11.5 Å². The topological polar surface area (TPSA) is 36.9 Å². The maximum absolute atomic E-state index is 8.29. The first-order valence-electron chi connectivity index (χ1n) is 3.31. The molecule has 2 nitrogen and oxygen atoms in total. The van der Waals surface area contributed by atoms with Gasteiger partial charge in [0.25, 0.3) is 0 Å². The molecule has 1 aromatic heterocycles. The molecular weight excluding hydrogens is 126 g/mol. The van der Waals surface area contributed by atoms with E-state index in [1.807, 2.05) is 25.1 Å². The van der Waals surface area contributed by atoms with Gasteiger partial charge in [-0.3, -0.25) is 0 Å². The Bertz CT molecular complexity index is 244. The van der Waals surface area contributed by atoms with E-state index >= 15 is 0 Å². The Morgan fingerprint density at radius 3 is 2.70 bits per heavy atom. The van der Waals surface area contributed by atoms with Crippen LogP contribution in [0, 0.1) is 11.3 Å². The summed E-state index contributed by atoms with van der Waals surface area (Å²) in [5, 5.41) is 8.29. The van der Waals surface area contributed by atoms with E-state index in [2.05, 4.69) is 0 Å². The zero-order chi connectivity index (χ0) is 7.40. The second-order valence-electron chi connectivity index (χ2n) is 2.06. The molecule has 0 atom stereocenters. The highest BCUT2D eigenvalue weighted by molar-refractivity contribution is 5.09. The fourth-order valence-corrected chi connectivity index (χ4v) is 0.785. The van der Waals surface area contributed by atoms with E-state index in [-0.39, 0.29) is 0 Å². The number of rotatable bonds is 2. The second kappa shape index (κ2) is 3.07. The maximum Gasteiger partial charge on any atom is 0.118 e. The summed E-state index contributed by atoms with van der Waals surface area (Å²) in [5.41, 5.74) is 0. The van der Waals surface area contributed by atoms with Crippen molar-refractivity contribution in [3.05, 3.63) is 23.7 Å². The normalized spacial score (nSPS) is 9.20. The van der Waals surface area contributed by atoms with Gasteiger partial charge in [-0.25, -0.2) is 0 Å². The first-order chi connectivity index (χ1) is 4.86. The van der Waals surface area contributed by atoms with Gasteiger partial charge in [-0.1, -0.05) is 6.92 Å². The van der Waals surface area contributed by atoms with Crippen LogP contribution >= 0.6 is 0 Å². The van der Waals surface area contributed by atoms with E-state index in [4.69, 9.17) is 9.68 Å². The van der Waals surface area contributed by atoms with Gasteiger partial charge < -0.3 is 4.42 Å². The SMILES string of the molecule is CCc1ccc(CC#N)o1. The highest BCUT2D eigenvalue weighted by Gasteiger charge is 1.97. The second-order valence-corrected chi connectivity index (χ2v) is 2.06. The molecule has 1 aromatic rings. The molecule has 0 aliphatic heterocycles. The molecule has 0 fully saturated rings. The van der Waals surface area contributed by atoms with E-state index in [9.17, 15) is 0 Å². The molecule has 1 rings (SSSR count). The number of furan rings is 1. The lowest BCUT2D eigenvalue weighted by Gasteiger charge is -1.85. The largest absolute Gasteiger partial charge is 0.465 e. The lowest BCUT2D eigenvalue weighted by Crippen LogP contribution is -1.74. The Hall–Kier alpha value is -1.23. The third kappa shape index (κ3) is 1.38. The average molecular weight is 135 g/mol. The van der Waals surface area contributed by atoms with Crippen LogP contribution in [-0.2, 0) is 12.8 Å². The third-order valence-electron chi connectivity index (χ3n) is 1.32. The smallest absolute Gasteiger partial charge is 0.118 e. The summed E-state index contributed by atoms with van der Waals surface area (Å²) < 4.78 is 5.25. The predicted molar refractivity (Wildman–Crippen MR) is 37.4 cm³/mol. The van der Waals surface area contributed by atoms with Gasteiger partial charge in [0.2, 0.25) is 0 Å². The first-order valence-corrected chi connectivity index (χ1v) is 3.31. The van der Waals surface area contributed by atoms with Crippen molar-refractivity contribution in [2.75, 3.05) is 0 Å². The predicted octanol–water partition coefficient (Wildman–Crippen LogP) is 1.91. The maximum atomic E-state index is 8.29. The quantitative estimate of drug-likeness (QED) is 0.621. The zero-order valence-corrected chi connectivity index (χ0v) is 5.92. The van der Waals surface area contributed by atoms with Gasteiger partial charge in [0, 0.05) is 6.42 Å². The van der Waals surface area contributed by atoms with Gasteiger partial charge in [0.05, 0.1) is 12.5 Å². The number of aryl methyl sites for hydroxylation is 1. The molecule has 0 unspecified atom stereocenters. The molecule has 0 aliphatic rings. The molecule has 0 saturated heterocycles. The Kier molecular flexibility index (Phi) is 2.11. The summed E-state index contributed by atoms with van der Waals surface area (Å²) in [6.07, 6.45) is 1.27. The summed E-state index contributed by atoms with van der Waals surface area (Å²) >= 11 is 0. The van der Waals surface area contributed by atoms with E-state index in [0.717, 1.165) is 17.9 Å². The number of hydrogen-bond acceptors (Lipinski definition) is 2. The molecule has 1 heterocycles. The van der Waals surface area contributed by atoms with Crippen LogP contribution in [0.3, 0.4) is 0 Å². The van der Waals surface area contributed by atoms with E-state index in [0.29, 0.717) is 6.42 Å². The number of nitriles is 1. The molecule has 0 saturated carbocycles. The Balaban J connectivity index is 2.70. The Labute approximate surface area is 60.1 Å². The molecular formula is C8H9NO. The molecule has 2 heteroatoms. The number of nitrogens with zero attached hydrogens (tertiary/aromatic N) is 1. The van der Waals surface area contributed by atoms with Crippen LogP contribution in [0.4, 0.5) is 0 Å². The lowest BCUT2D eigenvalue weighted by molar-refractivity contribution is 0.481. The van der Waals surface area contributed by atoms with Crippen molar-refractivity contribution in [3.8, 4) is 6.07 Å². The third-order valence-corrected chi connectivity index (χ3v) is 1.32. The molecule has 0 spiro atoms. The van der Waals surface area contributed by atoms with E-state index in [1.54, 1.807) is 0 Å². The van der Waals surface area contributed by atoms with Crippen molar-refractivity contribution >= 4 is 0 Å². The van der Waals surface area contributed by atoms with Crippen LogP contribution < -0.4 is 0 Å². The van der Waals surface area contributed by atoms with Gasteiger partial charge >= 0.3 is 0 Å². The fraction of sp³-hybridized carbons (Fsp3) is 0.375. The van der Waals surface area contributed by atoms with Crippen LogP contribution in [0.1, 0.15) is 18.4 Å². The Morgan fingerprint density at radius 1 is 1.50 bits per heavy atom. The van der Waals surface area contributed by atoms with Crippen LogP contribution in [0.25, 0.3) is 0 Å². The van der Waals surface area contributed by atoms with Crippen molar-refractivity contribution < 1.29 is 4.42 Å². The minimum Gasteiger partial charge on any atom is -0.465 e. The van der Waals surface area contributed by atoms with Gasteiger partial charge in [-0.15, -0.1) is 0 Å². The molecule has 0 radical (unpaired) electrons. The van der Waals surface area contributed by atoms with E-state index in [1.165, 1.54) is 0 Å². The molecule has 10 heavy (non-hydrogen) atoms. The summed E-state index contributed by atoms with van der Waals surface area (Å²) in [7, 11) is 0. The summed E-state index contributed by atoms with van der Waals surface area (Å²) in [4.78, 5) is 0. The van der Waals surface area contributed by atoms with E-state index < -0.39 is 0 Å². The van der Waals surface area contributed by atoms with Crippen molar-refractivity contribution in [2.45, 2.75) is 19.8 Å². The number of hydrogen-bond donors (Lipinski definition) is 0. The van der Waals surface area contributed by atoms with Gasteiger partial charge in [0.15, 0.2) is 0 Å². The molecule has 52 valence electrons. The van der Waals surface area contributed by atoms with Crippen LogP contribution in [0.15, 0.2) is 16.5 Å².